The molecule has 0 radical (unpaired) electrons. The predicted molar refractivity (Wildman–Crippen MR) is 403 cm³/mol. The summed E-state index contributed by atoms with van der Waals surface area (Å²) < 4.78 is 70.7. The predicted octanol–water partition coefficient (Wildman–Crippen LogP) is -1.64. The van der Waals surface area contributed by atoms with Gasteiger partial charge in [-0.1, -0.05) is 193 Å². The summed E-state index contributed by atoms with van der Waals surface area (Å²) in [6.45, 7) is 0.0908. The van der Waals surface area contributed by atoms with Crippen molar-refractivity contribution < 1.29 is 163 Å². The smallest absolute Gasteiger partial charge is 0.220 e. The largest absolute Gasteiger partial charge is 0.394 e. The van der Waals surface area contributed by atoms with E-state index < -0.39 is 254 Å². The van der Waals surface area contributed by atoms with Gasteiger partial charge >= 0.3 is 0 Å². The molecule has 6 fully saturated rings. The lowest BCUT2D eigenvalue weighted by molar-refractivity contribution is -0.390. The van der Waals surface area contributed by atoms with Crippen molar-refractivity contribution >= 4 is 17.7 Å². The summed E-state index contributed by atoms with van der Waals surface area (Å²) in [6.07, 6.45) is -18.2. The third-order valence-electron chi connectivity index (χ3n) is 22.2. The van der Waals surface area contributed by atoms with Crippen LogP contribution in [0.2, 0.25) is 0 Å². The lowest BCUT2D eigenvalue weighted by Crippen LogP contribution is -2.70. The van der Waals surface area contributed by atoms with E-state index in [4.69, 9.17) is 56.8 Å². The van der Waals surface area contributed by atoms with Gasteiger partial charge in [0.05, 0.1) is 58.4 Å². The molecule has 32 atom stereocenters. The summed E-state index contributed by atoms with van der Waals surface area (Å²) in [6, 6.07) is -4.51. The first kappa shape index (κ1) is 99.8. The number of nitrogens with one attached hydrogen (secondary N) is 3. The summed E-state index contributed by atoms with van der Waals surface area (Å²) in [7, 11) is 0. The van der Waals surface area contributed by atoms with Crippen LogP contribution in [0.25, 0.3) is 0 Å². The first-order valence-corrected chi connectivity index (χ1v) is 42.0. The highest BCUT2D eigenvalue weighted by atomic mass is 16.8. The maximum Gasteiger partial charge on any atom is 0.220 e. The fourth-order valence-corrected chi connectivity index (χ4v) is 15.4. The van der Waals surface area contributed by atoms with Crippen LogP contribution < -0.4 is 16.0 Å². The average molecular weight is 1650 g/mol. The lowest BCUT2D eigenvalue weighted by atomic mass is 9.94. The molecule has 0 aromatic carbocycles. The molecular weight excluding hydrogens is 1510 g/mol. The topological polar surface area (TPSA) is 562 Å². The van der Waals surface area contributed by atoms with Crippen LogP contribution >= 0.6 is 0 Å². The average Bonchev–Trinajstić information content (AvgIpc) is 0.770. The fraction of sp³-hybridized carbons (Fsp3) is 0.936. The molecule has 114 heavy (non-hydrogen) atoms. The van der Waals surface area contributed by atoms with Gasteiger partial charge in [0, 0.05) is 20.3 Å². The van der Waals surface area contributed by atoms with Crippen molar-refractivity contribution in [3.63, 3.8) is 0 Å². The number of allylic oxidation sites excluding steroid dienone is 1. The molecule has 6 aliphatic rings. The Morgan fingerprint density at radius 3 is 1.03 bits per heavy atom. The third-order valence-corrected chi connectivity index (χ3v) is 22.2. The van der Waals surface area contributed by atoms with Crippen molar-refractivity contribution in [2.45, 2.75) is 417 Å². The molecule has 3 amide bonds. The zero-order valence-electron chi connectivity index (χ0n) is 67.0. The number of amides is 3. The highest BCUT2D eigenvalue weighted by molar-refractivity contribution is 5.76. The number of aliphatic hydroxyl groups excluding tert-OH is 18. The van der Waals surface area contributed by atoms with Crippen molar-refractivity contribution in [2.75, 3.05) is 46.2 Å². The number of aliphatic hydroxyl groups is 18. The van der Waals surface area contributed by atoms with Gasteiger partial charge in [-0.2, -0.15) is 0 Å². The highest BCUT2D eigenvalue weighted by Crippen LogP contribution is 2.38. The molecule has 6 heterocycles. The second-order valence-corrected chi connectivity index (χ2v) is 31.4. The maximum atomic E-state index is 13.6. The number of unbranched alkanes of at least 4 members (excludes halogenated alkanes) is 27. The van der Waals surface area contributed by atoms with Crippen LogP contribution in [0.4, 0.5) is 0 Å². The minimum Gasteiger partial charge on any atom is -0.394 e. The molecule has 0 aromatic heterocycles. The zero-order chi connectivity index (χ0) is 83.4. The normalized spacial score (nSPS) is 36.8. The van der Waals surface area contributed by atoms with Crippen LogP contribution in [0.15, 0.2) is 12.2 Å². The first-order valence-electron chi connectivity index (χ1n) is 42.0. The molecule has 6 saturated heterocycles. The molecule has 0 bridgehead atoms. The summed E-state index contributed by atoms with van der Waals surface area (Å²) in [5.41, 5.74) is 0. The summed E-state index contributed by atoms with van der Waals surface area (Å²) in [4.78, 5) is 38.7. The van der Waals surface area contributed by atoms with Gasteiger partial charge < -0.3 is 165 Å². The van der Waals surface area contributed by atoms with Crippen LogP contribution in [0.1, 0.15) is 220 Å². The summed E-state index contributed by atoms with van der Waals surface area (Å²) in [5.74, 6) is -1.97. The molecule has 6 rings (SSSR count). The molecule has 0 saturated carbocycles. The summed E-state index contributed by atoms with van der Waals surface area (Å²) >= 11 is 0. The minimum atomic E-state index is -2.26. The number of hydrogen-bond donors (Lipinski definition) is 21. The molecule has 6 aliphatic heterocycles. The van der Waals surface area contributed by atoms with Crippen molar-refractivity contribution in [2.24, 2.45) is 0 Å². The maximum absolute atomic E-state index is 13.6. The van der Waals surface area contributed by atoms with E-state index in [9.17, 15) is 106 Å². The van der Waals surface area contributed by atoms with Crippen LogP contribution in [0, 0.1) is 0 Å². The lowest BCUT2D eigenvalue weighted by Gasteiger charge is -2.50. The Kier molecular flexibility index (Phi) is 47.0. The van der Waals surface area contributed by atoms with Crippen LogP contribution in [0.5, 0.6) is 0 Å². The first-order chi connectivity index (χ1) is 54.8. The Morgan fingerprint density at radius 2 is 0.649 bits per heavy atom. The van der Waals surface area contributed by atoms with Crippen LogP contribution in [-0.2, 0) is 71.2 Å². The van der Waals surface area contributed by atoms with Gasteiger partial charge in [-0.25, -0.2) is 0 Å². The molecule has 36 nitrogen and oxygen atoms in total. The standard InChI is InChI=1S/C78H141N3O33/c1-5-7-9-11-13-15-17-19-20-21-22-24-26-28-30-32-34-36-54(91)81-46(47(90)35-33-31-29-27-25-23-18-16-14-12-10-8-6-2)43-103-75-64(99)63(98)69(53(42-87)109-75)111-77-65(100)70(58(93)49(38-83)106-77)113-74-56(80-45(4)89)62(97)68(52(41-86)108-74)110-76-67(102)72(60(95)51(40-85)105-76)114-78-66(101)71(59(94)50(39-84)107-78)112-73-55(79-44(3)88)61(96)57(92)48(37-82)104-73/h33,35,46-53,55-78,82-87,90,92-102H,5-32,34,36-43H2,1-4H3,(H,79,88)(H,80,89)(H,81,91)/b35-33+/t46-,47+,48?,49?,50?,51?,52?,53?,55?,56?,57-,58-,59-,60-,61+,62+,63+,64?,65?,66?,67?,68+,69+,70-,71-,72-,73-,74-,75+,76-,77-,78+/m0/s1. The number of rotatable bonds is 54. The Hall–Kier alpha value is -3.05. The zero-order valence-corrected chi connectivity index (χ0v) is 67.0. The SMILES string of the molecule is CCCCCCCCCCCCC/C=C/[C@@H](O)[C@H](CO[C@@H]1OC(CO)[C@@H](O[C@@H]2OC(CO)[C@H](O)[C@H](O[C@@H]3OC(CO)[C@@H](O[C@@H]4OC(CO)[C@H](O)[C@H](O[C@H]5OC(CO)[C@H](O)[C@H](O[C@@H]6OC(CO)[C@H](O)[C@H](O)C6NC(C)=O)C5O)C4O)[C@H](O)C3NC(C)=O)C2O)[C@H](O)C1O)NC(=O)CCCCCCCCCCCCCCCCCCC. The van der Waals surface area contributed by atoms with E-state index in [-0.39, 0.29) is 12.3 Å². The Balaban J connectivity index is 1.08. The molecule has 0 spiro atoms. The highest BCUT2D eigenvalue weighted by Gasteiger charge is 2.59. The Bertz CT molecular complexity index is 2640. The number of carbonyl (C=O) groups is 3. The fourth-order valence-electron chi connectivity index (χ4n) is 15.4. The second kappa shape index (κ2) is 53.7. The number of ether oxygens (including phenoxy) is 12. The molecule has 0 aliphatic carbocycles. The number of carbonyl (C=O) groups excluding carboxylic acids is 3. The van der Waals surface area contributed by atoms with Crippen molar-refractivity contribution in [1.82, 2.24) is 16.0 Å². The van der Waals surface area contributed by atoms with Gasteiger partial charge in [0.2, 0.25) is 17.7 Å². The van der Waals surface area contributed by atoms with Crippen LogP contribution in [0.3, 0.4) is 0 Å². The van der Waals surface area contributed by atoms with E-state index in [1.165, 1.54) is 122 Å². The van der Waals surface area contributed by atoms with E-state index >= 15 is 0 Å². The quantitative estimate of drug-likeness (QED) is 0.0240. The van der Waals surface area contributed by atoms with Gasteiger partial charge in [0.1, 0.15) is 146 Å². The molecule has 12 unspecified atom stereocenters. The van der Waals surface area contributed by atoms with E-state index in [2.05, 4.69) is 29.8 Å². The van der Waals surface area contributed by atoms with E-state index in [1.54, 1.807) is 6.08 Å². The monoisotopic (exact) mass is 1650 g/mol. The third kappa shape index (κ3) is 30.5. The van der Waals surface area contributed by atoms with Crippen molar-refractivity contribution in [1.29, 1.82) is 0 Å². The number of hydrogen-bond acceptors (Lipinski definition) is 33. The Morgan fingerprint density at radius 1 is 0.342 bits per heavy atom. The van der Waals surface area contributed by atoms with Gasteiger partial charge in [0.15, 0.2) is 37.7 Å². The second-order valence-electron chi connectivity index (χ2n) is 31.4. The molecule has 0 aromatic rings. The van der Waals surface area contributed by atoms with Gasteiger partial charge in [-0.3, -0.25) is 14.4 Å². The minimum absolute atomic E-state index is 0.176. The molecular formula is C78H141N3O33. The van der Waals surface area contributed by atoms with Gasteiger partial charge in [0.25, 0.3) is 0 Å². The molecule has 36 heteroatoms. The van der Waals surface area contributed by atoms with Gasteiger partial charge in [-0.05, 0) is 19.3 Å². The van der Waals surface area contributed by atoms with E-state index in [0.717, 1.165) is 65.2 Å². The van der Waals surface area contributed by atoms with Crippen molar-refractivity contribution in [3.05, 3.63) is 12.2 Å². The molecule has 666 valence electrons. The van der Waals surface area contributed by atoms with Crippen molar-refractivity contribution in [3.8, 4) is 0 Å². The van der Waals surface area contributed by atoms with E-state index in [0.29, 0.717) is 12.8 Å². The van der Waals surface area contributed by atoms with E-state index in [1.807, 2.05) is 6.08 Å². The van der Waals surface area contributed by atoms with Crippen LogP contribution in [-0.4, -0.2) is 352 Å². The Labute approximate surface area is 669 Å². The molecule has 21 N–H and O–H groups in total. The summed E-state index contributed by atoms with van der Waals surface area (Å²) in [5, 5.41) is 209. The van der Waals surface area contributed by atoms with Gasteiger partial charge in [-0.15, -0.1) is 0 Å².